The number of nitrogens with one attached hydrogen (secondary N) is 3. The molecule has 10 heteroatoms. The number of carbonyl (C=O) groups is 1. The van der Waals surface area contributed by atoms with Crippen LogP contribution in [-0.4, -0.2) is 36.8 Å². The quantitative estimate of drug-likeness (QED) is 0.502. The molecule has 1 aromatic carbocycles. The van der Waals surface area contributed by atoms with Crippen molar-refractivity contribution in [3.8, 4) is 0 Å². The van der Waals surface area contributed by atoms with E-state index < -0.39 is 10.0 Å². The molecule has 28 heavy (non-hydrogen) atoms. The Hall–Kier alpha value is -2.01. The summed E-state index contributed by atoms with van der Waals surface area (Å²) in [7, 11) is -3.46. The van der Waals surface area contributed by atoms with Crippen LogP contribution in [0.5, 0.6) is 0 Å². The van der Waals surface area contributed by atoms with E-state index in [2.05, 4.69) is 16.2 Å². The highest BCUT2D eigenvalue weighted by Gasteiger charge is 2.32. The SMILES string of the molecule is Cc1cccc(NC(=S)NNC(=O)C2CCN(S(=O)(=O)c3cccs3)CC2)c1. The van der Waals surface area contributed by atoms with Crippen molar-refractivity contribution in [2.75, 3.05) is 18.4 Å². The lowest BCUT2D eigenvalue weighted by atomic mass is 9.98. The first-order chi connectivity index (χ1) is 13.4. The van der Waals surface area contributed by atoms with Gasteiger partial charge in [-0.3, -0.25) is 15.6 Å². The highest BCUT2D eigenvalue weighted by Crippen LogP contribution is 2.26. The minimum absolute atomic E-state index is 0.193. The number of hydrogen-bond acceptors (Lipinski definition) is 5. The second-order valence-corrected chi connectivity index (χ2v) is 10.1. The normalized spacial score (nSPS) is 15.8. The molecule has 0 radical (unpaired) electrons. The van der Waals surface area contributed by atoms with Crippen molar-refractivity contribution in [1.29, 1.82) is 0 Å². The lowest BCUT2D eigenvalue weighted by molar-refractivity contribution is -0.126. The molecular weight excluding hydrogens is 416 g/mol. The van der Waals surface area contributed by atoms with E-state index in [-0.39, 0.29) is 16.9 Å². The predicted octanol–water partition coefficient (Wildman–Crippen LogP) is 2.48. The number of carbonyl (C=O) groups excluding carboxylic acids is 1. The second-order valence-electron chi connectivity index (χ2n) is 6.55. The van der Waals surface area contributed by atoms with E-state index in [1.165, 1.54) is 15.6 Å². The zero-order chi connectivity index (χ0) is 20.1. The Morgan fingerprint density at radius 2 is 1.93 bits per heavy atom. The maximum Gasteiger partial charge on any atom is 0.252 e. The number of sulfonamides is 1. The molecule has 1 aliphatic rings. The highest BCUT2D eigenvalue weighted by atomic mass is 32.2. The van der Waals surface area contributed by atoms with E-state index in [1.54, 1.807) is 17.5 Å². The number of hydrogen-bond donors (Lipinski definition) is 3. The summed E-state index contributed by atoms with van der Waals surface area (Å²) >= 11 is 6.39. The Morgan fingerprint density at radius 1 is 1.18 bits per heavy atom. The van der Waals surface area contributed by atoms with Gasteiger partial charge in [0.1, 0.15) is 4.21 Å². The van der Waals surface area contributed by atoms with Crippen LogP contribution in [0.2, 0.25) is 0 Å². The summed E-state index contributed by atoms with van der Waals surface area (Å²) in [5.41, 5.74) is 7.24. The smallest absolute Gasteiger partial charge is 0.252 e. The Bertz CT molecular complexity index is 937. The molecule has 1 aliphatic heterocycles. The Balaban J connectivity index is 1.46. The number of benzene rings is 1. The standard InChI is InChI=1S/C18H22N4O3S3/c1-13-4-2-5-15(12-13)19-18(26)21-20-17(23)14-7-9-22(10-8-14)28(24,25)16-6-3-11-27-16/h2-6,11-12,14H,7-10H2,1H3,(H,20,23)(H2,19,21,26). The first-order valence-corrected chi connectivity index (χ1v) is 11.6. The fourth-order valence-electron chi connectivity index (χ4n) is 3.00. The van der Waals surface area contributed by atoms with Crippen LogP contribution in [-0.2, 0) is 14.8 Å². The first kappa shape index (κ1) is 20.7. The molecule has 150 valence electrons. The average molecular weight is 439 g/mol. The summed E-state index contributed by atoms with van der Waals surface area (Å²) in [6.07, 6.45) is 0.937. The molecule has 3 rings (SSSR count). The van der Waals surface area contributed by atoms with E-state index in [4.69, 9.17) is 12.2 Å². The maximum atomic E-state index is 12.5. The molecule has 1 aromatic heterocycles. The number of hydrazine groups is 1. The molecule has 1 fully saturated rings. The van der Waals surface area contributed by atoms with Crippen molar-refractivity contribution in [2.45, 2.75) is 24.0 Å². The Kier molecular flexibility index (Phi) is 6.65. The van der Waals surface area contributed by atoms with Crippen molar-refractivity contribution in [2.24, 2.45) is 5.92 Å². The maximum absolute atomic E-state index is 12.5. The number of anilines is 1. The third-order valence-electron chi connectivity index (χ3n) is 4.49. The van der Waals surface area contributed by atoms with Gasteiger partial charge in [0.25, 0.3) is 10.0 Å². The first-order valence-electron chi connectivity index (χ1n) is 8.83. The number of thiophene rings is 1. The van der Waals surface area contributed by atoms with E-state index in [9.17, 15) is 13.2 Å². The van der Waals surface area contributed by atoms with Crippen LogP contribution in [0.15, 0.2) is 46.0 Å². The molecule has 0 aliphatic carbocycles. The molecule has 1 amide bonds. The number of thiocarbonyl (C=S) groups is 1. The molecule has 0 saturated carbocycles. The van der Waals surface area contributed by atoms with Crippen molar-refractivity contribution >= 4 is 50.3 Å². The molecule has 2 aromatic rings. The summed E-state index contributed by atoms with van der Waals surface area (Å²) in [6, 6.07) is 11.0. The van der Waals surface area contributed by atoms with Crippen LogP contribution in [0.1, 0.15) is 18.4 Å². The van der Waals surface area contributed by atoms with Crippen molar-refractivity contribution in [3.63, 3.8) is 0 Å². The molecule has 1 saturated heterocycles. The van der Waals surface area contributed by atoms with Gasteiger partial charge in [0, 0.05) is 24.7 Å². The van der Waals surface area contributed by atoms with Gasteiger partial charge in [0.2, 0.25) is 5.91 Å². The highest BCUT2D eigenvalue weighted by molar-refractivity contribution is 7.91. The van der Waals surface area contributed by atoms with Gasteiger partial charge in [-0.05, 0) is 61.1 Å². The monoisotopic (exact) mass is 438 g/mol. The zero-order valence-electron chi connectivity index (χ0n) is 15.3. The van der Waals surface area contributed by atoms with Crippen molar-refractivity contribution in [1.82, 2.24) is 15.2 Å². The van der Waals surface area contributed by atoms with Gasteiger partial charge in [-0.1, -0.05) is 18.2 Å². The van der Waals surface area contributed by atoms with E-state index >= 15 is 0 Å². The summed E-state index contributed by atoms with van der Waals surface area (Å²) in [6.45, 7) is 2.63. The third-order valence-corrected chi connectivity index (χ3v) is 7.96. The van der Waals surface area contributed by atoms with Gasteiger partial charge in [0.05, 0.1) is 0 Å². The third kappa shape index (κ3) is 5.07. The molecular formula is C18H22N4O3S3. The van der Waals surface area contributed by atoms with Gasteiger partial charge >= 0.3 is 0 Å². The van der Waals surface area contributed by atoms with Crippen LogP contribution >= 0.6 is 23.6 Å². The predicted molar refractivity (Wildman–Crippen MR) is 114 cm³/mol. The van der Waals surface area contributed by atoms with Crippen molar-refractivity contribution in [3.05, 3.63) is 47.3 Å². The summed E-state index contributed by atoms with van der Waals surface area (Å²) in [4.78, 5) is 12.4. The Morgan fingerprint density at radius 3 is 2.57 bits per heavy atom. The number of piperidine rings is 1. The van der Waals surface area contributed by atoms with Crippen LogP contribution in [0.25, 0.3) is 0 Å². The Labute approximate surface area is 174 Å². The summed E-state index contributed by atoms with van der Waals surface area (Å²) in [5.74, 6) is -0.453. The largest absolute Gasteiger partial charge is 0.331 e. The molecule has 0 unspecified atom stereocenters. The minimum Gasteiger partial charge on any atom is -0.331 e. The van der Waals surface area contributed by atoms with Gasteiger partial charge in [-0.2, -0.15) is 4.31 Å². The van der Waals surface area contributed by atoms with Crippen LogP contribution in [0.4, 0.5) is 5.69 Å². The summed E-state index contributed by atoms with van der Waals surface area (Å²) < 4.78 is 26.9. The number of nitrogens with zero attached hydrogens (tertiary/aromatic N) is 1. The number of amides is 1. The molecule has 0 spiro atoms. The van der Waals surface area contributed by atoms with E-state index in [1.807, 2.05) is 31.2 Å². The van der Waals surface area contributed by atoms with E-state index in [0.29, 0.717) is 30.1 Å². The van der Waals surface area contributed by atoms with Crippen LogP contribution in [0, 0.1) is 12.8 Å². The van der Waals surface area contributed by atoms with Crippen LogP contribution in [0.3, 0.4) is 0 Å². The van der Waals surface area contributed by atoms with E-state index in [0.717, 1.165) is 11.3 Å². The van der Waals surface area contributed by atoms with Gasteiger partial charge in [-0.15, -0.1) is 11.3 Å². The topological polar surface area (TPSA) is 90.5 Å². The van der Waals surface area contributed by atoms with Gasteiger partial charge in [0.15, 0.2) is 5.11 Å². The fourth-order valence-corrected chi connectivity index (χ4v) is 5.78. The number of aryl methyl sites for hydroxylation is 1. The van der Waals surface area contributed by atoms with Crippen molar-refractivity contribution < 1.29 is 13.2 Å². The average Bonchev–Trinajstić information content (AvgIpc) is 3.22. The molecule has 0 bridgehead atoms. The second kappa shape index (κ2) is 8.99. The molecule has 0 atom stereocenters. The molecule has 2 heterocycles. The molecule has 3 N–H and O–H groups in total. The lowest BCUT2D eigenvalue weighted by Crippen LogP contribution is -2.49. The van der Waals surface area contributed by atoms with Gasteiger partial charge in [-0.25, -0.2) is 8.42 Å². The molecule has 7 nitrogen and oxygen atoms in total. The number of rotatable bonds is 4. The summed E-state index contributed by atoms with van der Waals surface area (Å²) in [5, 5.41) is 5.03. The van der Waals surface area contributed by atoms with Crippen LogP contribution < -0.4 is 16.2 Å². The zero-order valence-corrected chi connectivity index (χ0v) is 17.8. The lowest BCUT2D eigenvalue weighted by Gasteiger charge is -2.30. The minimum atomic E-state index is -3.46. The fraction of sp³-hybridized carbons (Fsp3) is 0.333. The van der Waals surface area contributed by atoms with Gasteiger partial charge < -0.3 is 5.32 Å².